The van der Waals surface area contributed by atoms with Crippen molar-refractivity contribution in [3.63, 3.8) is 0 Å². The SMILES string of the molecule is N#Cc1c(NC(=O)COC(=O)c2ccc(F)cc2N)sc2c1CCC2. The fraction of sp³-hybridized carbons (Fsp3) is 0.235. The highest BCUT2D eigenvalue weighted by Crippen LogP contribution is 2.38. The number of anilines is 2. The zero-order valence-electron chi connectivity index (χ0n) is 13.1. The summed E-state index contributed by atoms with van der Waals surface area (Å²) in [6.45, 7) is -0.525. The van der Waals surface area contributed by atoms with E-state index < -0.39 is 24.3 Å². The molecule has 0 saturated heterocycles. The molecule has 1 aromatic carbocycles. The molecule has 2 aromatic rings. The minimum atomic E-state index is -0.818. The number of carbonyl (C=O) groups is 2. The molecule has 0 spiro atoms. The fourth-order valence-electron chi connectivity index (χ4n) is 2.70. The monoisotopic (exact) mass is 359 g/mol. The number of rotatable bonds is 4. The van der Waals surface area contributed by atoms with Crippen LogP contribution in [0.5, 0.6) is 0 Å². The molecule has 1 aliphatic rings. The molecule has 128 valence electrons. The number of hydrogen-bond donors (Lipinski definition) is 2. The van der Waals surface area contributed by atoms with E-state index in [-0.39, 0.29) is 11.3 Å². The summed E-state index contributed by atoms with van der Waals surface area (Å²) in [4.78, 5) is 25.0. The zero-order valence-corrected chi connectivity index (χ0v) is 13.9. The predicted molar refractivity (Wildman–Crippen MR) is 90.8 cm³/mol. The molecule has 1 aliphatic carbocycles. The number of nitrogens with zero attached hydrogens (tertiary/aromatic N) is 1. The summed E-state index contributed by atoms with van der Waals surface area (Å²) in [5.41, 5.74) is 6.97. The molecule has 0 unspecified atom stereocenters. The Morgan fingerprint density at radius 1 is 1.40 bits per heavy atom. The van der Waals surface area contributed by atoms with Gasteiger partial charge in [-0.1, -0.05) is 0 Å². The van der Waals surface area contributed by atoms with Crippen LogP contribution in [-0.4, -0.2) is 18.5 Å². The summed E-state index contributed by atoms with van der Waals surface area (Å²) in [6.07, 6.45) is 2.76. The second-order valence-electron chi connectivity index (χ2n) is 5.53. The number of fused-ring (bicyclic) bond motifs is 1. The number of nitrogen functional groups attached to an aromatic ring is 1. The van der Waals surface area contributed by atoms with Gasteiger partial charge in [0, 0.05) is 10.6 Å². The first-order valence-corrected chi connectivity index (χ1v) is 8.38. The molecular formula is C17H14FN3O3S. The van der Waals surface area contributed by atoms with Gasteiger partial charge in [-0.15, -0.1) is 11.3 Å². The van der Waals surface area contributed by atoms with Crippen LogP contribution in [0.1, 0.15) is 32.8 Å². The second-order valence-corrected chi connectivity index (χ2v) is 6.63. The van der Waals surface area contributed by atoms with Crippen LogP contribution in [-0.2, 0) is 22.4 Å². The smallest absolute Gasteiger partial charge is 0.340 e. The van der Waals surface area contributed by atoms with E-state index in [4.69, 9.17) is 10.5 Å². The van der Waals surface area contributed by atoms with Crippen molar-refractivity contribution in [3.8, 4) is 6.07 Å². The Labute approximate surface area is 147 Å². The van der Waals surface area contributed by atoms with Gasteiger partial charge in [0.05, 0.1) is 11.1 Å². The van der Waals surface area contributed by atoms with Crippen LogP contribution >= 0.6 is 11.3 Å². The number of aryl methyl sites for hydroxylation is 1. The number of esters is 1. The van der Waals surface area contributed by atoms with E-state index in [1.54, 1.807) is 0 Å². The third kappa shape index (κ3) is 3.46. The number of thiophene rings is 1. The average molecular weight is 359 g/mol. The molecule has 0 atom stereocenters. The van der Waals surface area contributed by atoms with Gasteiger partial charge in [0.2, 0.25) is 0 Å². The van der Waals surface area contributed by atoms with E-state index in [9.17, 15) is 19.2 Å². The summed E-state index contributed by atoms with van der Waals surface area (Å²) < 4.78 is 17.9. The molecule has 0 radical (unpaired) electrons. The van der Waals surface area contributed by atoms with E-state index in [1.165, 1.54) is 17.4 Å². The lowest BCUT2D eigenvalue weighted by Crippen LogP contribution is -2.21. The summed E-state index contributed by atoms with van der Waals surface area (Å²) in [7, 11) is 0. The minimum absolute atomic E-state index is 0.0120. The van der Waals surface area contributed by atoms with Crippen molar-refractivity contribution in [1.29, 1.82) is 5.26 Å². The highest BCUT2D eigenvalue weighted by Gasteiger charge is 2.23. The standard InChI is InChI=1S/C17H14FN3O3S/c18-9-4-5-11(13(20)6-9)17(23)24-8-15(22)21-16-12(7-19)10-2-1-3-14(10)25-16/h4-6H,1-3,8,20H2,(H,21,22). The van der Waals surface area contributed by atoms with Crippen molar-refractivity contribution in [2.45, 2.75) is 19.3 Å². The van der Waals surface area contributed by atoms with Gasteiger partial charge >= 0.3 is 5.97 Å². The molecule has 8 heteroatoms. The zero-order chi connectivity index (χ0) is 18.0. The normalized spacial score (nSPS) is 12.3. The Kier molecular flexibility index (Phi) is 4.67. The average Bonchev–Trinajstić information content (AvgIpc) is 3.13. The molecular weight excluding hydrogens is 345 g/mol. The quantitative estimate of drug-likeness (QED) is 0.645. The number of carbonyl (C=O) groups excluding carboxylic acids is 2. The third-order valence-corrected chi connectivity index (χ3v) is 5.06. The van der Waals surface area contributed by atoms with Crippen LogP contribution in [0.2, 0.25) is 0 Å². The molecule has 1 heterocycles. The van der Waals surface area contributed by atoms with Gasteiger partial charge in [-0.05, 0) is 43.0 Å². The van der Waals surface area contributed by atoms with Crippen molar-refractivity contribution >= 4 is 33.9 Å². The van der Waals surface area contributed by atoms with Crippen molar-refractivity contribution in [3.05, 3.63) is 45.6 Å². The van der Waals surface area contributed by atoms with Crippen molar-refractivity contribution in [2.24, 2.45) is 0 Å². The molecule has 0 saturated carbocycles. The molecule has 0 aliphatic heterocycles. The second kappa shape index (κ2) is 6.91. The first-order chi connectivity index (χ1) is 12.0. The Morgan fingerprint density at radius 3 is 2.92 bits per heavy atom. The molecule has 1 amide bonds. The first kappa shape index (κ1) is 16.9. The topological polar surface area (TPSA) is 105 Å². The van der Waals surface area contributed by atoms with Crippen molar-refractivity contribution < 1.29 is 18.7 Å². The maximum absolute atomic E-state index is 13.0. The molecule has 1 aromatic heterocycles. The number of benzene rings is 1. The molecule has 6 nitrogen and oxygen atoms in total. The van der Waals surface area contributed by atoms with Gasteiger partial charge in [0.25, 0.3) is 5.91 Å². The minimum Gasteiger partial charge on any atom is -0.452 e. The van der Waals surface area contributed by atoms with E-state index >= 15 is 0 Å². The predicted octanol–water partition coefficient (Wildman–Crippen LogP) is 2.63. The summed E-state index contributed by atoms with van der Waals surface area (Å²) >= 11 is 1.38. The van der Waals surface area contributed by atoms with E-state index in [0.717, 1.165) is 41.8 Å². The highest BCUT2D eigenvalue weighted by molar-refractivity contribution is 7.16. The molecule has 3 N–H and O–H groups in total. The fourth-order valence-corrected chi connectivity index (χ4v) is 3.96. The van der Waals surface area contributed by atoms with Crippen LogP contribution in [0, 0.1) is 17.1 Å². The maximum Gasteiger partial charge on any atom is 0.340 e. The largest absolute Gasteiger partial charge is 0.452 e. The molecule has 3 rings (SSSR count). The molecule has 0 bridgehead atoms. The van der Waals surface area contributed by atoms with Crippen LogP contribution in [0.15, 0.2) is 18.2 Å². The molecule has 25 heavy (non-hydrogen) atoms. The van der Waals surface area contributed by atoms with Crippen LogP contribution in [0.3, 0.4) is 0 Å². The lowest BCUT2D eigenvalue weighted by Gasteiger charge is -2.07. The van der Waals surface area contributed by atoms with Gasteiger partial charge in [0.1, 0.15) is 16.9 Å². The Balaban J connectivity index is 1.62. The van der Waals surface area contributed by atoms with Gasteiger partial charge < -0.3 is 15.8 Å². The summed E-state index contributed by atoms with van der Waals surface area (Å²) in [5.74, 6) is -1.94. The number of hydrogen-bond acceptors (Lipinski definition) is 6. The Morgan fingerprint density at radius 2 is 2.20 bits per heavy atom. The number of nitrogens with two attached hydrogens (primary N) is 1. The Hall–Kier alpha value is -2.92. The van der Waals surface area contributed by atoms with Crippen LogP contribution in [0.25, 0.3) is 0 Å². The van der Waals surface area contributed by atoms with E-state index in [1.807, 2.05) is 0 Å². The van der Waals surface area contributed by atoms with E-state index in [0.29, 0.717) is 10.6 Å². The number of nitrogens with one attached hydrogen (secondary N) is 1. The summed E-state index contributed by atoms with van der Waals surface area (Å²) in [5, 5.41) is 12.4. The van der Waals surface area contributed by atoms with Crippen molar-refractivity contribution in [1.82, 2.24) is 0 Å². The lowest BCUT2D eigenvalue weighted by molar-refractivity contribution is -0.119. The third-order valence-electron chi connectivity index (χ3n) is 3.85. The lowest BCUT2D eigenvalue weighted by atomic mass is 10.1. The molecule has 0 fully saturated rings. The number of halogens is 1. The maximum atomic E-state index is 13.0. The number of amides is 1. The summed E-state index contributed by atoms with van der Waals surface area (Å²) in [6, 6.07) is 5.40. The van der Waals surface area contributed by atoms with Gasteiger partial charge in [-0.3, -0.25) is 4.79 Å². The van der Waals surface area contributed by atoms with Gasteiger partial charge in [-0.2, -0.15) is 5.26 Å². The van der Waals surface area contributed by atoms with Gasteiger partial charge in [-0.25, -0.2) is 9.18 Å². The van der Waals surface area contributed by atoms with E-state index in [2.05, 4.69) is 11.4 Å². The number of nitriles is 1. The first-order valence-electron chi connectivity index (χ1n) is 7.56. The van der Waals surface area contributed by atoms with Gasteiger partial charge in [0.15, 0.2) is 6.61 Å². The van der Waals surface area contributed by atoms with Crippen LogP contribution in [0.4, 0.5) is 15.1 Å². The highest BCUT2D eigenvalue weighted by atomic mass is 32.1. The van der Waals surface area contributed by atoms with Crippen molar-refractivity contribution in [2.75, 3.05) is 17.7 Å². The Bertz CT molecular complexity index is 901. The van der Waals surface area contributed by atoms with Crippen LogP contribution < -0.4 is 11.1 Å². The number of ether oxygens (including phenoxy) is 1.